The van der Waals surface area contributed by atoms with Crippen molar-refractivity contribution >= 4 is 22.8 Å². The molecule has 1 aliphatic rings. The number of halogens is 1. The molecule has 1 fully saturated rings. The molecule has 20 heavy (non-hydrogen) atoms. The van der Waals surface area contributed by atoms with Crippen molar-refractivity contribution < 1.29 is 0 Å². The average Bonchev–Trinajstić information content (AvgIpc) is 2.78. The van der Waals surface area contributed by atoms with Crippen LogP contribution in [0.1, 0.15) is 51.4 Å². The highest BCUT2D eigenvalue weighted by Crippen LogP contribution is 2.41. The number of aryl methyl sites for hydroxylation is 1. The summed E-state index contributed by atoms with van der Waals surface area (Å²) in [5, 5.41) is 0. The van der Waals surface area contributed by atoms with Crippen LogP contribution < -0.4 is 0 Å². The Hall–Kier alpha value is -1.09. The standard InChI is InChI=1S/C16H22ClN3/c1-16(2)8-5-12(6-9-16)20-14(7-10-17)19-13-4-3-11-18-15(13)20/h3-4,11-12H,5-10H2,1-2H3. The van der Waals surface area contributed by atoms with E-state index in [2.05, 4.69) is 23.4 Å². The quantitative estimate of drug-likeness (QED) is 0.787. The van der Waals surface area contributed by atoms with Crippen molar-refractivity contribution in [2.45, 2.75) is 52.0 Å². The van der Waals surface area contributed by atoms with E-state index in [0.29, 0.717) is 17.3 Å². The number of hydrogen-bond donors (Lipinski definition) is 0. The minimum Gasteiger partial charge on any atom is -0.310 e. The monoisotopic (exact) mass is 291 g/mol. The molecule has 1 aliphatic carbocycles. The predicted molar refractivity (Wildman–Crippen MR) is 83.2 cm³/mol. The highest BCUT2D eigenvalue weighted by atomic mass is 35.5. The molecule has 0 aromatic carbocycles. The number of fused-ring (bicyclic) bond motifs is 1. The fourth-order valence-electron chi connectivity index (χ4n) is 3.26. The van der Waals surface area contributed by atoms with Crippen LogP contribution in [0.15, 0.2) is 18.3 Å². The summed E-state index contributed by atoms with van der Waals surface area (Å²) < 4.78 is 2.35. The summed E-state index contributed by atoms with van der Waals surface area (Å²) in [5.41, 5.74) is 2.50. The van der Waals surface area contributed by atoms with Gasteiger partial charge in [-0.15, -0.1) is 11.6 Å². The van der Waals surface area contributed by atoms with E-state index in [1.165, 1.54) is 25.7 Å². The Labute approximate surface area is 125 Å². The van der Waals surface area contributed by atoms with Gasteiger partial charge < -0.3 is 4.57 Å². The topological polar surface area (TPSA) is 30.7 Å². The maximum Gasteiger partial charge on any atom is 0.160 e. The summed E-state index contributed by atoms with van der Waals surface area (Å²) in [6.45, 7) is 4.74. The van der Waals surface area contributed by atoms with Crippen molar-refractivity contribution in [1.29, 1.82) is 0 Å². The molecule has 3 rings (SSSR count). The van der Waals surface area contributed by atoms with Crippen LogP contribution in [0.3, 0.4) is 0 Å². The molecule has 0 radical (unpaired) electrons. The van der Waals surface area contributed by atoms with Crippen LogP contribution in [0.4, 0.5) is 0 Å². The molecular weight excluding hydrogens is 270 g/mol. The third-order valence-corrected chi connectivity index (χ3v) is 4.70. The smallest absolute Gasteiger partial charge is 0.160 e. The Bertz CT molecular complexity index is 593. The molecule has 0 amide bonds. The summed E-state index contributed by atoms with van der Waals surface area (Å²) >= 11 is 5.95. The lowest BCUT2D eigenvalue weighted by molar-refractivity contribution is 0.194. The predicted octanol–water partition coefficient (Wildman–Crippen LogP) is 4.35. The second kappa shape index (κ2) is 5.36. The van der Waals surface area contributed by atoms with E-state index >= 15 is 0 Å². The van der Waals surface area contributed by atoms with E-state index < -0.39 is 0 Å². The Morgan fingerprint density at radius 2 is 2.10 bits per heavy atom. The van der Waals surface area contributed by atoms with E-state index in [1.807, 2.05) is 18.3 Å². The number of alkyl halides is 1. The van der Waals surface area contributed by atoms with Crippen LogP contribution in [-0.2, 0) is 6.42 Å². The minimum absolute atomic E-state index is 0.479. The molecule has 0 bridgehead atoms. The molecule has 0 aliphatic heterocycles. The second-order valence-corrected chi connectivity index (χ2v) is 6.96. The summed E-state index contributed by atoms with van der Waals surface area (Å²) in [5.74, 6) is 1.71. The van der Waals surface area contributed by atoms with Crippen LogP contribution >= 0.6 is 11.6 Å². The zero-order valence-corrected chi connectivity index (χ0v) is 13.0. The SMILES string of the molecule is CC1(C)CCC(n2c(CCCl)nc3cccnc32)CC1. The summed E-state index contributed by atoms with van der Waals surface area (Å²) in [4.78, 5) is 9.28. The number of rotatable bonds is 3. The van der Waals surface area contributed by atoms with Crippen molar-refractivity contribution in [2.75, 3.05) is 5.88 Å². The lowest BCUT2D eigenvalue weighted by atomic mass is 9.75. The fourth-order valence-corrected chi connectivity index (χ4v) is 3.43. The molecule has 0 saturated heterocycles. The molecule has 0 N–H and O–H groups in total. The normalized spacial score (nSPS) is 19.6. The Morgan fingerprint density at radius 3 is 2.80 bits per heavy atom. The van der Waals surface area contributed by atoms with Gasteiger partial charge in [0.15, 0.2) is 5.65 Å². The fraction of sp³-hybridized carbons (Fsp3) is 0.625. The number of aromatic nitrogens is 3. The lowest BCUT2D eigenvalue weighted by Crippen LogP contribution is -2.24. The number of pyridine rings is 1. The molecule has 108 valence electrons. The number of imidazole rings is 1. The molecule has 0 spiro atoms. The first-order valence-corrected chi connectivity index (χ1v) is 8.02. The van der Waals surface area contributed by atoms with Crippen LogP contribution in [-0.4, -0.2) is 20.4 Å². The molecular formula is C16H22ClN3. The second-order valence-electron chi connectivity index (χ2n) is 6.58. The molecule has 2 aromatic heterocycles. The third-order valence-electron chi connectivity index (χ3n) is 4.51. The van der Waals surface area contributed by atoms with Gasteiger partial charge in [-0.3, -0.25) is 0 Å². The van der Waals surface area contributed by atoms with Crippen LogP contribution in [0.5, 0.6) is 0 Å². The van der Waals surface area contributed by atoms with Crippen molar-refractivity contribution in [1.82, 2.24) is 14.5 Å². The number of nitrogens with zero attached hydrogens (tertiary/aromatic N) is 3. The largest absolute Gasteiger partial charge is 0.310 e. The molecule has 3 nitrogen and oxygen atoms in total. The van der Waals surface area contributed by atoms with Gasteiger partial charge in [0, 0.05) is 24.5 Å². The van der Waals surface area contributed by atoms with Gasteiger partial charge >= 0.3 is 0 Å². The molecule has 2 heterocycles. The van der Waals surface area contributed by atoms with Crippen molar-refractivity contribution in [3.8, 4) is 0 Å². The van der Waals surface area contributed by atoms with E-state index in [4.69, 9.17) is 16.6 Å². The van der Waals surface area contributed by atoms with Gasteiger partial charge in [0.05, 0.1) is 0 Å². The van der Waals surface area contributed by atoms with E-state index in [-0.39, 0.29) is 0 Å². The maximum atomic E-state index is 5.95. The van der Waals surface area contributed by atoms with Gasteiger partial charge in [0.1, 0.15) is 11.3 Å². The van der Waals surface area contributed by atoms with Gasteiger partial charge in [-0.1, -0.05) is 13.8 Å². The summed E-state index contributed by atoms with van der Waals surface area (Å²) in [6.07, 6.45) is 7.64. The lowest BCUT2D eigenvalue weighted by Gasteiger charge is -2.35. The van der Waals surface area contributed by atoms with E-state index in [0.717, 1.165) is 23.4 Å². The first kappa shape index (κ1) is 13.9. The van der Waals surface area contributed by atoms with Gasteiger partial charge in [-0.2, -0.15) is 0 Å². The molecule has 0 unspecified atom stereocenters. The first-order chi connectivity index (χ1) is 9.61. The zero-order chi connectivity index (χ0) is 14.2. The highest BCUT2D eigenvalue weighted by Gasteiger charge is 2.29. The van der Waals surface area contributed by atoms with Crippen LogP contribution in [0, 0.1) is 5.41 Å². The minimum atomic E-state index is 0.479. The maximum absolute atomic E-state index is 5.95. The van der Waals surface area contributed by atoms with Gasteiger partial charge in [0.2, 0.25) is 0 Å². The first-order valence-electron chi connectivity index (χ1n) is 7.48. The summed E-state index contributed by atoms with van der Waals surface area (Å²) in [7, 11) is 0. The zero-order valence-electron chi connectivity index (χ0n) is 12.3. The molecule has 2 aromatic rings. The molecule has 4 heteroatoms. The van der Waals surface area contributed by atoms with E-state index in [1.54, 1.807) is 0 Å². The Morgan fingerprint density at radius 1 is 1.35 bits per heavy atom. The van der Waals surface area contributed by atoms with Gasteiger partial charge in [0.25, 0.3) is 0 Å². The summed E-state index contributed by atoms with van der Waals surface area (Å²) in [6, 6.07) is 4.53. The Kier molecular flexibility index (Phi) is 3.72. The van der Waals surface area contributed by atoms with Crippen molar-refractivity contribution in [2.24, 2.45) is 5.41 Å². The third kappa shape index (κ3) is 2.56. The average molecular weight is 292 g/mol. The highest BCUT2D eigenvalue weighted by molar-refractivity contribution is 6.17. The van der Waals surface area contributed by atoms with E-state index in [9.17, 15) is 0 Å². The van der Waals surface area contributed by atoms with Gasteiger partial charge in [-0.25, -0.2) is 9.97 Å². The Balaban J connectivity index is 1.99. The van der Waals surface area contributed by atoms with Crippen molar-refractivity contribution in [3.63, 3.8) is 0 Å². The van der Waals surface area contributed by atoms with Crippen molar-refractivity contribution in [3.05, 3.63) is 24.2 Å². The van der Waals surface area contributed by atoms with Crippen LogP contribution in [0.2, 0.25) is 0 Å². The molecule has 0 atom stereocenters. The van der Waals surface area contributed by atoms with Gasteiger partial charge in [-0.05, 0) is 43.2 Å². The van der Waals surface area contributed by atoms with Crippen LogP contribution in [0.25, 0.3) is 11.2 Å². The molecule has 1 saturated carbocycles. The number of hydrogen-bond acceptors (Lipinski definition) is 2.